The summed E-state index contributed by atoms with van der Waals surface area (Å²) in [7, 11) is -4.72. The van der Waals surface area contributed by atoms with Crippen LogP contribution in [0.25, 0.3) is 0 Å². The van der Waals surface area contributed by atoms with E-state index in [2.05, 4.69) is 8.81 Å². The van der Waals surface area contributed by atoms with Crippen LogP contribution in [0.5, 0.6) is 0 Å². The summed E-state index contributed by atoms with van der Waals surface area (Å²) in [6, 6.07) is 8.23. The van der Waals surface area contributed by atoms with Crippen LogP contribution in [0.1, 0.15) is 5.56 Å². The Morgan fingerprint density at radius 1 is 1.32 bits per heavy atom. The van der Waals surface area contributed by atoms with Gasteiger partial charge >= 0.3 is 10.1 Å². The Labute approximate surface area is 114 Å². The average molecular weight is 294 g/mol. The van der Waals surface area contributed by atoms with Gasteiger partial charge in [-0.25, -0.2) is 0 Å². The fourth-order valence-corrected chi connectivity index (χ4v) is 3.29. The molecule has 0 radical (unpaired) electrons. The van der Waals surface area contributed by atoms with Gasteiger partial charge in [0.25, 0.3) is 0 Å². The second-order valence-electron chi connectivity index (χ2n) is 3.75. The molecule has 0 amide bonds. The highest BCUT2D eigenvalue weighted by Gasteiger charge is 2.15. The molecule has 19 heavy (non-hydrogen) atoms. The minimum absolute atomic E-state index is 0.0538. The van der Waals surface area contributed by atoms with Gasteiger partial charge in [-0.3, -0.25) is 0 Å². The number of hydrogen-bond donors (Lipinski definition) is 0. The Kier molecular flexibility index (Phi) is 3.95. The molecule has 1 aliphatic rings. The SMILES string of the molecule is Cc1ccc(S(=O)(=O)ON=S2C=CC(C#N)=C2)cc1. The van der Waals surface area contributed by atoms with Gasteiger partial charge in [0, 0.05) is 5.41 Å². The lowest BCUT2D eigenvalue weighted by molar-refractivity contribution is 0.347. The van der Waals surface area contributed by atoms with Crippen LogP contribution in [-0.2, 0) is 25.1 Å². The van der Waals surface area contributed by atoms with E-state index >= 15 is 0 Å². The summed E-state index contributed by atoms with van der Waals surface area (Å²) >= 11 is 0. The second kappa shape index (κ2) is 5.48. The molecule has 0 aromatic heterocycles. The monoisotopic (exact) mass is 294 g/mol. The van der Waals surface area contributed by atoms with E-state index < -0.39 is 20.8 Å². The summed E-state index contributed by atoms with van der Waals surface area (Å²) in [5, 5.41) is 11.8. The van der Waals surface area contributed by atoms with Crippen molar-refractivity contribution in [2.24, 2.45) is 4.53 Å². The second-order valence-corrected chi connectivity index (χ2v) is 6.63. The molecule has 0 aliphatic carbocycles. The molecule has 1 aromatic carbocycles. The van der Waals surface area contributed by atoms with Crippen molar-refractivity contribution in [2.75, 3.05) is 0 Å². The van der Waals surface area contributed by atoms with Crippen molar-refractivity contribution in [1.82, 2.24) is 0 Å². The normalized spacial score (nSPS) is 18.3. The van der Waals surface area contributed by atoms with Crippen molar-refractivity contribution in [3.05, 3.63) is 52.3 Å². The van der Waals surface area contributed by atoms with Gasteiger partial charge in [-0.2, -0.15) is 13.7 Å². The van der Waals surface area contributed by atoms with Crippen molar-refractivity contribution in [1.29, 1.82) is 5.26 Å². The van der Waals surface area contributed by atoms with Crippen LogP contribution in [0.4, 0.5) is 0 Å². The number of nitriles is 1. The Bertz CT molecular complexity index is 723. The van der Waals surface area contributed by atoms with Crippen LogP contribution < -0.4 is 0 Å². The van der Waals surface area contributed by atoms with E-state index in [4.69, 9.17) is 5.26 Å². The number of aryl methyl sites for hydroxylation is 1. The topological polar surface area (TPSA) is 79.5 Å². The smallest absolute Gasteiger partial charge is 0.192 e. The van der Waals surface area contributed by atoms with Crippen LogP contribution in [0, 0.1) is 18.3 Å². The number of hydrogen-bond acceptors (Lipinski definition) is 5. The fourth-order valence-electron chi connectivity index (χ4n) is 1.28. The van der Waals surface area contributed by atoms with Crippen LogP contribution in [0.3, 0.4) is 0 Å². The first-order valence-corrected chi connectivity index (χ1v) is 7.96. The Morgan fingerprint density at radius 2 is 2.00 bits per heavy atom. The van der Waals surface area contributed by atoms with E-state index in [9.17, 15) is 8.42 Å². The molecule has 0 saturated heterocycles. The molecular formula is C12H10N2O3S2. The third-order valence-corrected chi connectivity index (χ3v) is 4.66. The predicted molar refractivity (Wildman–Crippen MR) is 72.1 cm³/mol. The maximum Gasteiger partial charge on any atom is 0.319 e. The van der Waals surface area contributed by atoms with E-state index in [1.165, 1.54) is 12.1 Å². The first-order chi connectivity index (χ1) is 9.01. The average Bonchev–Trinajstić information content (AvgIpc) is 2.85. The molecule has 2 rings (SSSR count). The van der Waals surface area contributed by atoms with Crippen molar-refractivity contribution in [3.8, 4) is 6.07 Å². The van der Waals surface area contributed by atoms with Gasteiger partial charge in [0.15, 0.2) is 0 Å². The third kappa shape index (κ3) is 3.38. The maximum atomic E-state index is 11.8. The summed E-state index contributed by atoms with van der Waals surface area (Å²) in [5.41, 5.74) is 1.40. The number of nitrogens with zero attached hydrogens (tertiary/aromatic N) is 2. The molecular weight excluding hydrogens is 284 g/mol. The van der Waals surface area contributed by atoms with Gasteiger partial charge in [0.1, 0.15) is 0 Å². The Morgan fingerprint density at radius 3 is 2.58 bits per heavy atom. The van der Waals surface area contributed by atoms with Gasteiger partial charge in [0.05, 0.1) is 16.5 Å². The standard InChI is InChI=1S/C12H10N2O3S2/c1-10-2-4-12(5-3-10)19(15,16)17-14-18-7-6-11(8-13)9-18/h2-7,9H,1H3. The van der Waals surface area contributed by atoms with Gasteiger partial charge in [0.2, 0.25) is 0 Å². The predicted octanol–water partition coefficient (Wildman–Crippen LogP) is 2.35. The van der Waals surface area contributed by atoms with Crippen LogP contribution >= 0.6 is 0 Å². The van der Waals surface area contributed by atoms with E-state index in [1.807, 2.05) is 13.0 Å². The molecule has 0 N–H and O–H groups in total. The van der Waals surface area contributed by atoms with E-state index in [-0.39, 0.29) is 4.90 Å². The molecule has 0 spiro atoms. The Hall–Kier alpha value is -1.75. The summed E-state index contributed by atoms with van der Waals surface area (Å²) in [6.45, 7) is 1.86. The zero-order valence-corrected chi connectivity index (χ0v) is 11.6. The first-order valence-electron chi connectivity index (χ1n) is 5.25. The Balaban J connectivity index is 2.18. The number of allylic oxidation sites excluding steroid dienone is 2. The summed E-state index contributed by atoms with van der Waals surface area (Å²) in [4.78, 5) is 0.0538. The van der Waals surface area contributed by atoms with E-state index in [0.29, 0.717) is 5.57 Å². The highest BCUT2D eigenvalue weighted by molar-refractivity contribution is 7.93. The molecule has 1 unspecified atom stereocenters. The highest BCUT2D eigenvalue weighted by atomic mass is 32.2. The van der Waals surface area contributed by atoms with Crippen molar-refractivity contribution in [2.45, 2.75) is 11.8 Å². The molecule has 5 nitrogen and oxygen atoms in total. The lowest BCUT2D eigenvalue weighted by atomic mass is 10.2. The summed E-state index contributed by atoms with van der Waals surface area (Å²) in [6.07, 6.45) is 1.58. The zero-order valence-electron chi connectivity index (χ0n) is 9.98. The van der Waals surface area contributed by atoms with Gasteiger partial charge in [-0.05, 0) is 41.2 Å². The van der Waals surface area contributed by atoms with Gasteiger partial charge in [-0.15, -0.1) is 4.28 Å². The molecule has 1 heterocycles. The summed E-state index contributed by atoms with van der Waals surface area (Å²) in [5.74, 6) is 0. The van der Waals surface area contributed by atoms with E-state index in [1.54, 1.807) is 29.0 Å². The molecule has 1 aromatic rings. The number of rotatable bonds is 3. The first kappa shape index (κ1) is 13.7. The number of benzene rings is 1. The van der Waals surface area contributed by atoms with E-state index in [0.717, 1.165) is 5.56 Å². The highest BCUT2D eigenvalue weighted by Crippen LogP contribution is 2.16. The largest absolute Gasteiger partial charge is 0.319 e. The fraction of sp³-hybridized carbons (Fsp3) is 0.0833. The lowest BCUT2D eigenvalue weighted by Crippen LogP contribution is -2.02. The van der Waals surface area contributed by atoms with Crippen LogP contribution in [0.15, 0.2) is 56.2 Å². The van der Waals surface area contributed by atoms with Crippen LogP contribution in [0.2, 0.25) is 0 Å². The van der Waals surface area contributed by atoms with Crippen LogP contribution in [-0.4, -0.2) is 8.42 Å². The minimum Gasteiger partial charge on any atom is -0.192 e. The van der Waals surface area contributed by atoms with Crippen molar-refractivity contribution >= 4 is 20.8 Å². The molecule has 1 atom stereocenters. The summed E-state index contributed by atoms with van der Waals surface area (Å²) < 4.78 is 31.9. The maximum absolute atomic E-state index is 11.8. The molecule has 0 fully saturated rings. The molecule has 0 bridgehead atoms. The quantitative estimate of drug-likeness (QED) is 0.801. The minimum atomic E-state index is -3.89. The van der Waals surface area contributed by atoms with Crippen molar-refractivity contribution in [3.63, 3.8) is 0 Å². The molecule has 98 valence electrons. The van der Waals surface area contributed by atoms with Gasteiger partial charge < -0.3 is 0 Å². The molecule has 7 heteroatoms. The third-order valence-electron chi connectivity index (χ3n) is 2.29. The van der Waals surface area contributed by atoms with Crippen molar-refractivity contribution < 1.29 is 12.7 Å². The van der Waals surface area contributed by atoms with Gasteiger partial charge in [-0.1, -0.05) is 22.2 Å². The lowest BCUT2D eigenvalue weighted by Gasteiger charge is -2.01. The molecule has 1 aliphatic heterocycles. The molecule has 0 saturated carbocycles. The zero-order chi connectivity index (χ0) is 13.9.